The van der Waals surface area contributed by atoms with Crippen LogP contribution in [0.15, 0.2) is 18.3 Å². The van der Waals surface area contributed by atoms with E-state index in [4.69, 9.17) is 11.6 Å². The van der Waals surface area contributed by atoms with Gasteiger partial charge in [-0.3, -0.25) is 9.78 Å². The van der Waals surface area contributed by atoms with E-state index in [2.05, 4.69) is 4.98 Å². The number of hydrogen-bond donors (Lipinski definition) is 0. The summed E-state index contributed by atoms with van der Waals surface area (Å²) in [7, 11) is 0. The number of hydrogen-bond acceptors (Lipinski definition) is 2. The molecule has 0 bridgehead atoms. The number of halogens is 1. The van der Waals surface area contributed by atoms with Gasteiger partial charge in [0, 0.05) is 30.9 Å². The lowest BCUT2D eigenvalue weighted by molar-refractivity contribution is 0.0773. The summed E-state index contributed by atoms with van der Waals surface area (Å²) >= 11 is 5.64. The van der Waals surface area contributed by atoms with E-state index in [-0.39, 0.29) is 5.91 Å². The average molecular weight is 227 g/mol. The average Bonchev–Trinajstić information content (AvgIpc) is 2.25. The molecular weight excluding hydrogens is 212 g/mol. The van der Waals surface area contributed by atoms with Crippen molar-refractivity contribution < 1.29 is 4.79 Å². The molecule has 0 aromatic carbocycles. The number of aryl methyl sites for hydroxylation is 1. The van der Waals surface area contributed by atoms with E-state index in [9.17, 15) is 4.79 Å². The Morgan fingerprint density at radius 1 is 1.60 bits per heavy atom. The quantitative estimate of drug-likeness (QED) is 0.737. The molecule has 1 rings (SSSR count). The Morgan fingerprint density at radius 3 is 2.87 bits per heavy atom. The fraction of sp³-hybridized carbons (Fsp3) is 0.455. The highest BCUT2D eigenvalue weighted by molar-refractivity contribution is 6.18. The first-order valence-electron chi connectivity index (χ1n) is 4.97. The van der Waals surface area contributed by atoms with Gasteiger partial charge >= 0.3 is 0 Å². The van der Waals surface area contributed by atoms with E-state index < -0.39 is 0 Å². The monoisotopic (exact) mass is 226 g/mol. The van der Waals surface area contributed by atoms with E-state index in [1.54, 1.807) is 23.2 Å². The zero-order chi connectivity index (χ0) is 11.3. The highest BCUT2D eigenvalue weighted by Gasteiger charge is 2.15. The van der Waals surface area contributed by atoms with Gasteiger partial charge in [-0.25, -0.2) is 0 Å². The number of carbonyl (C=O) groups is 1. The molecule has 1 aromatic heterocycles. The van der Waals surface area contributed by atoms with Crippen molar-refractivity contribution in [3.05, 3.63) is 29.6 Å². The molecule has 0 radical (unpaired) electrons. The highest BCUT2D eigenvalue weighted by Crippen LogP contribution is 2.08. The lowest BCUT2D eigenvalue weighted by Gasteiger charge is -2.20. The van der Waals surface area contributed by atoms with E-state index in [0.717, 1.165) is 5.69 Å². The van der Waals surface area contributed by atoms with Gasteiger partial charge in [0.15, 0.2) is 0 Å². The van der Waals surface area contributed by atoms with E-state index in [1.807, 2.05) is 13.8 Å². The third-order valence-electron chi connectivity index (χ3n) is 2.26. The van der Waals surface area contributed by atoms with Crippen molar-refractivity contribution in [2.45, 2.75) is 13.8 Å². The van der Waals surface area contributed by atoms with E-state index >= 15 is 0 Å². The largest absolute Gasteiger partial charge is 0.338 e. The van der Waals surface area contributed by atoms with Crippen LogP contribution in [0.25, 0.3) is 0 Å². The molecule has 0 fully saturated rings. The van der Waals surface area contributed by atoms with Gasteiger partial charge in [-0.05, 0) is 26.0 Å². The fourth-order valence-corrected chi connectivity index (χ4v) is 1.59. The maximum absolute atomic E-state index is 12.0. The summed E-state index contributed by atoms with van der Waals surface area (Å²) < 4.78 is 0. The molecule has 0 spiro atoms. The first-order valence-corrected chi connectivity index (χ1v) is 5.51. The maximum Gasteiger partial charge on any atom is 0.255 e. The van der Waals surface area contributed by atoms with Gasteiger partial charge in [-0.1, -0.05) is 0 Å². The molecule has 4 heteroatoms. The summed E-state index contributed by atoms with van der Waals surface area (Å²) in [6, 6.07) is 3.57. The zero-order valence-corrected chi connectivity index (χ0v) is 9.79. The van der Waals surface area contributed by atoms with Crippen molar-refractivity contribution in [1.29, 1.82) is 0 Å². The van der Waals surface area contributed by atoms with Gasteiger partial charge in [-0.15, -0.1) is 11.6 Å². The Hall–Kier alpha value is -1.09. The number of aromatic nitrogens is 1. The molecule has 1 heterocycles. The molecule has 0 aliphatic rings. The van der Waals surface area contributed by atoms with Crippen LogP contribution in [-0.4, -0.2) is 34.8 Å². The number of carbonyl (C=O) groups excluding carboxylic acids is 1. The SMILES string of the molecule is CCN(CCCl)C(=O)c1cccnc1C. The Kier molecular flexibility index (Phi) is 4.56. The Bertz CT molecular complexity index is 341. The predicted octanol–water partition coefficient (Wildman–Crippen LogP) is 2.09. The summed E-state index contributed by atoms with van der Waals surface area (Å²) in [6.45, 7) is 5.02. The molecule has 0 atom stereocenters. The molecule has 0 unspecified atom stereocenters. The standard InChI is InChI=1S/C11H15ClN2O/c1-3-14(8-6-12)11(15)10-5-4-7-13-9(10)2/h4-5,7H,3,6,8H2,1-2H3. The molecule has 15 heavy (non-hydrogen) atoms. The van der Waals surface area contributed by atoms with Gasteiger partial charge in [0.05, 0.1) is 5.56 Å². The maximum atomic E-state index is 12.0. The first kappa shape index (κ1) is 12.0. The van der Waals surface area contributed by atoms with Crippen LogP contribution in [0.3, 0.4) is 0 Å². The van der Waals surface area contributed by atoms with Crippen LogP contribution in [0, 0.1) is 6.92 Å². The number of alkyl halides is 1. The molecule has 0 saturated heterocycles. The summed E-state index contributed by atoms with van der Waals surface area (Å²) in [4.78, 5) is 17.8. The lowest BCUT2D eigenvalue weighted by Crippen LogP contribution is -2.33. The molecule has 1 aromatic rings. The Balaban J connectivity index is 2.88. The number of nitrogens with zero attached hydrogens (tertiary/aromatic N) is 2. The second-order valence-electron chi connectivity index (χ2n) is 3.21. The van der Waals surface area contributed by atoms with Crippen LogP contribution in [0.4, 0.5) is 0 Å². The first-order chi connectivity index (χ1) is 7.20. The minimum absolute atomic E-state index is 0.00347. The van der Waals surface area contributed by atoms with Crippen molar-refractivity contribution in [1.82, 2.24) is 9.88 Å². The summed E-state index contributed by atoms with van der Waals surface area (Å²) in [5.41, 5.74) is 1.42. The van der Waals surface area contributed by atoms with Crippen LogP contribution < -0.4 is 0 Å². The van der Waals surface area contributed by atoms with Crippen molar-refractivity contribution in [3.8, 4) is 0 Å². The summed E-state index contributed by atoms with van der Waals surface area (Å²) in [6.07, 6.45) is 1.68. The minimum atomic E-state index is 0.00347. The van der Waals surface area contributed by atoms with Crippen LogP contribution >= 0.6 is 11.6 Å². The minimum Gasteiger partial charge on any atom is -0.338 e. The van der Waals surface area contributed by atoms with Crippen molar-refractivity contribution in [2.24, 2.45) is 0 Å². The topological polar surface area (TPSA) is 33.2 Å². The van der Waals surface area contributed by atoms with Gasteiger partial charge < -0.3 is 4.90 Å². The van der Waals surface area contributed by atoms with Gasteiger partial charge in [0.1, 0.15) is 0 Å². The van der Waals surface area contributed by atoms with E-state index in [1.165, 1.54) is 0 Å². The fourth-order valence-electron chi connectivity index (χ4n) is 1.39. The van der Waals surface area contributed by atoms with Crippen molar-refractivity contribution >= 4 is 17.5 Å². The molecule has 0 aliphatic heterocycles. The van der Waals surface area contributed by atoms with Crippen LogP contribution in [0.5, 0.6) is 0 Å². The normalized spacial score (nSPS) is 10.1. The Labute approximate surface area is 95.1 Å². The van der Waals surface area contributed by atoms with Crippen molar-refractivity contribution in [2.75, 3.05) is 19.0 Å². The van der Waals surface area contributed by atoms with Gasteiger partial charge in [0.2, 0.25) is 0 Å². The smallest absolute Gasteiger partial charge is 0.255 e. The van der Waals surface area contributed by atoms with Crippen LogP contribution in [0.1, 0.15) is 23.0 Å². The van der Waals surface area contributed by atoms with Crippen LogP contribution in [0.2, 0.25) is 0 Å². The number of pyridine rings is 1. The third kappa shape index (κ3) is 2.93. The molecule has 0 N–H and O–H groups in total. The van der Waals surface area contributed by atoms with Crippen LogP contribution in [-0.2, 0) is 0 Å². The molecule has 82 valence electrons. The number of amides is 1. The second-order valence-corrected chi connectivity index (χ2v) is 3.59. The zero-order valence-electron chi connectivity index (χ0n) is 9.03. The molecule has 0 saturated carbocycles. The summed E-state index contributed by atoms with van der Waals surface area (Å²) in [5.74, 6) is 0.461. The molecule has 3 nitrogen and oxygen atoms in total. The van der Waals surface area contributed by atoms with Gasteiger partial charge in [-0.2, -0.15) is 0 Å². The van der Waals surface area contributed by atoms with Crippen molar-refractivity contribution in [3.63, 3.8) is 0 Å². The molecule has 1 amide bonds. The number of rotatable bonds is 4. The predicted molar refractivity (Wildman–Crippen MR) is 61.3 cm³/mol. The third-order valence-corrected chi connectivity index (χ3v) is 2.43. The Morgan fingerprint density at radius 2 is 2.33 bits per heavy atom. The second kappa shape index (κ2) is 5.71. The molecule has 0 aliphatic carbocycles. The molecular formula is C11H15ClN2O. The lowest BCUT2D eigenvalue weighted by atomic mass is 10.2. The highest BCUT2D eigenvalue weighted by atomic mass is 35.5. The summed E-state index contributed by atoms with van der Waals surface area (Å²) in [5, 5.41) is 0. The van der Waals surface area contributed by atoms with Gasteiger partial charge in [0.25, 0.3) is 5.91 Å². The van der Waals surface area contributed by atoms with E-state index in [0.29, 0.717) is 24.5 Å².